The lowest BCUT2D eigenvalue weighted by atomic mass is 10.0. The van der Waals surface area contributed by atoms with Crippen molar-refractivity contribution >= 4 is 39.8 Å². The average Bonchev–Trinajstić information content (AvgIpc) is 3.04. The van der Waals surface area contributed by atoms with Gasteiger partial charge in [-0.3, -0.25) is 4.79 Å². The molecule has 0 aliphatic carbocycles. The lowest BCUT2D eigenvalue weighted by molar-refractivity contribution is -0.132. The first-order valence-corrected chi connectivity index (χ1v) is 9.76. The third kappa shape index (κ3) is 4.74. The quantitative estimate of drug-likeness (QED) is 0.364. The second-order valence-corrected chi connectivity index (χ2v) is 7.59. The number of carbonyl (C=O) groups is 2. The van der Waals surface area contributed by atoms with Crippen molar-refractivity contribution in [1.82, 2.24) is 0 Å². The fraction of sp³-hybridized carbons (Fsp3) is 0.227. The van der Waals surface area contributed by atoms with Crippen LogP contribution in [0.2, 0.25) is 0 Å². The topological polar surface area (TPSA) is 74.2 Å². The Kier molecular flexibility index (Phi) is 6.17. The van der Waals surface area contributed by atoms with E-state index in [1.165, 1.54) is 19.6 Å². The van der Waals surface area contributed by atoms with Gasteiger partial charge in [-0.2, -0.15) is 0 Å². The SMILES string of the molecule is COc1cc(/C=C2\N=C(c3ccc(C(C)C)cc3)OC2=O)cc(Br)c1OC(C)=O. The lowest BCUT2D eigenvalue weighted by Crippen LogP contribution is -2.05. The van der Waals surface area contributed by atoms with Gasteiger partial charge in [-0.05, 0) is 63.3 Å². The number of carbonyl (C=O) groups excluding carboxylic acids is 2. The van der Waals surface area contributed by atoms with Crippen LogP contribution in [0.25, 0.3) is 6.08 Å². The second-order valence-electron chi connectivity index (χ2n) is 6.74. The molecule has 0 N–H and O–H groups in total. The molecule has 0 amide bonds. The first kappa shape index (κ1) is 20.8. The van der Waals surface area contributed by atoms with Gasteiger partial charge in [0.05, 0.1) is 11.6 Å². The van der Waals surface area contributed by atoms with Crippen LogP contribution in [0.5, 0.6) is 11.5 Å². The molecule has 7 heteroatoms. The Morgan fingerprint density at radius 3 is 2.48 bits per heavy atom. The molecule has 0 saturated carbocycles. The highest BCUT2D eigenvalue weighted by atomic mass is 79.9. The minimum absolute atomic E-state index is 0.169. The number of benzene rings is 2. The smallest absolute Gasteiger partial charge is 0.363 e. The Hall–Kier alpha value is -2.93. The molecule has 0 aromatic heterocycles. The third-order valence-electron chi connectivity index (χ3n) is 4.25. The molecule has 0 fully saturated rings. The van der Waals surface area contributed by atoms with Gasteiger partial charge in [0.2, 0.25) is 5.90 Å². The number of esters is 2. The summed E-state index contributed by atoms with van der Waals surface area (Å²) in [6.07, 6.45) is 1.59. The Bertz CT molecular complexity index is 1020. The molecular formula is C22H20BrNO5. The number of cyclic esters (lactones) is 1. The first-order chi connectivity index (χ1) is 13.8. The number of hydrogen-bond donors (Lipinski definition) is 0. The molecule has 0 atom stereocenters. The van der Waals surface area contributed by atoms with Gasteiger partial charge in [0, 0.05) is 12.5 Å². The van der Waals surface area contributed by atoms with E-state index in [4.69, 9.17) is 14.2 Å². The van der Waals surface area contributed by atoms with Gasteiger partial charge in [-0.1, -0.05) is 26.0 Å². The van der Waals surface area contributed by atoms with E-state index in [1.807, 2.05) is 24.3 Å². The lowest BCUT2D eigenvalue weighted by Gasteiger charge is -2.11. The van der Waals surface area contributed by atoms with E-state index in [0.717, 1.165) is 5.56 Å². The largest absolute Gasteiger partial charge is 0.493 e. The molecule has 2 aromatic rings. The zero-order valence-electron chi connectivity index (χ0n) is 16.5. The fourth-order valence-electron chi connectivity index (χ4n) is 2.77. The molecule has 29 heavy (non-hydrogen) atoms. The van der Waals surface area contributed by atoms with Crippen molar-refractivity contribution in [3.63, 3.8) is 0 Å². The van der Waals surface area contributed by atoms with Gasteiger partial charge in [0.25, 0.3) is 0 Å². The molecule has 150 valence electrons. The predicted molar refractivity (Wildman–Crippen MR) is 113 cm³/mol. The summed E-state index contributed by atoms with van der Waals surface area (Å²) in [6.45, 7) is 5.53. The minimum Gasteiger partial charge on any atom is -0.493 e. The van der Waals surface area contributed by atoms with Crippen LogP contribution in [0.1, 0.15) is 43.4 Å². The summed E-state index contributed by atoms with van der Waals surface area (Å²) in [5.41, 5.74) is 2.73. The maximum Gasteiger partial charge on any atom is 0.363 e. The molecule has 0 bridgehead atoms. The number of hydrogen-bond acceptors (Lipinski definition) is 6. The zero-order valence-corrected chi connectivity index (χ0v) is 18.1. The number of aliphatic imine (C=N–C) groups is 1. The highest BCUT2D eigenvalue weighted by Crippen LogP contribution is 2.37. The van der Waals surface area contributed by atoms with Gasteiger partial charge in [-0.25, -0.2) is 9.79 Å². The highest BCUT2D eigenvalue weighted by Gasteiger charge is 2.24. The molecule has 0 unspecified atom stereocenters. The van der Waals surface area contributed by atoms with E-state index in [2.05, 4.69) is 34.8 Å². The number of ether oxygens (including phenoxy) is 3. The van der Waals surface area contributed by atoms with Crippen LogP contribution in [-0.4, -0.2) is 24.9 Å². The van der Waals surface area contributed by atoms with Gasteiger partial charge < -0.3 is 14.2 Å². The monoisotopic (exact) mass is 457 g/mol. The van der Waals surface area contributed by atoms with Crippen LogP contribution >= 0.6 is 15.9 Å². The molecule has 1 heterocycles. The fourth-order valence-corrected chi connectivity index (χ4v) is 3.31. The van der Waals surface area contributed by atoms with Crippen molar-refractivity contribution < 1.29 is 23.8 Å². The second kappa shape index (κ2) is 8.61. The normalized spacial score (nSPS) is 14.8. The van der Waals surface area contributed by atoms with Crippen LogP contribution < -0.4 is 9.47 Å². The molecule has 1 aliphatic heterocycles. The molecule has 3 rings (SSSR count). The van der Waals surface area contributed by atoms with Crippen molar-refractivity contribution in [3.8, 4) is 11.5 Å². The van der Waals surface area contributed by atoms with E-state index >= 15 is 0 Å². The predicted octanol–water partition coefficient (Wildman–Crippen LogP) is 4.85. The minimum atomic E-state index is -0.535. The van der Waals surface area contributed by atoms with Crippen LogP contribution in [-0.2, 0) is 14.3 Å². The number of halogens is 1. The summed E-state index contributed by atoms with van der Waals surface area (Å²) in [4.78, 5) is 27.9. The van der Waals surface area contributed by atoms with E-state index in [-0.39, 0.29) is 17.3 Å². The van der Waals surface area contributed by atoms with E-state index in [9.17, 15) is 9.59 Å². The summed E-state index contributed by atoms with van der Waals surface area (Å²) in [5, 5.41) is 0. The summed E-state index contributed by atoms with van der Waals surface area (Å²) in [6, 6.07) is 11.1. The Balaban J connectivity index is 1.92. The summed E-state index contributed by atoms with van der Waals surface area (Å²) < 4.78 is 16.3. The summed E-state index contributed by atoms with van der Waals surface area (Å²) >= 11 is 3.36. The van der Waals surface area contributed by atoms with Crippen LogP contribution in [0, 0.1) is 0 Å². The maximum absolute atomic E-state index is 12.3. The molecular weight excluding hydrogens is 438 g/mol. The van der Waals surface area contributed by atoms with Crippen molar-refractivity contribution in [3.05, 3.63) is 63.3 Å². The van der Waals surface area contributed by atoms with Gasteiger partial charge in [0.15, 0.2) is 17.2 Å². The van der Waals surface area contributed by atoms with Crippen molar-refractivity contribution in [2.24, 2.45) is 4.99 Å². The Labute approximate surface area is 177 Å². The standard InChI is InChI=1S/C22H20BrNO5/c1-12(2)15-5-7-16(8-6-15)21-24-18(22(26)29-21)10-14-9-17(23)20(28-13(3)25)19(11-14)27-4/h5-12H,1-4H3/b18-10-. The number of methoxy groups -OCH3 is 1. The van der Waals surface area contributed by atoms with Gasteiger partial charge >= 0.3 is 11.9 Å². The molecule has 0 spiro atoms. The summed E-state index contributed by atoms with van der Waals surface area (Å²) in [7, 11) is 1.46. The molecule has 0 saturated heterocycles. The van der Waals surface area contributed by atoms with Crippen molar-refractivity contribution in [2.45, 2.75) is 26.7 Å². The summed E-state index contributed by atoms with van der Waals surface area (Å²) in [5.74, 6) is 0.293. The van der Waals surface area contributed by atoms with Crippen LogP contribution in [0.4, 0.5) is 0 Å². The number of rotatable bonds is 5. The molecule has 1 aliphatic rings. The Morgan fingerprint density at radius 2 is 1.90 bits per heavy atom. The van der Waals surface area contributed by atoms with E-state index in [1.54, 1.807) is 18.2 Å². The van der Waals surface area contributed by atoms with Crippen molar-refractivity contribution in [1.29, 1.82) is 0 Å². The third-order valence-corrected chi connectivity index (χ3v) is 4.83. The van der Waals surface area contributed by atoms with Gasteiger partial charge in [0.1, 0.15) is 0 Å². The Morgan fingerprint density at radius 1 is 1.21 bits per heavy atom. The van der Waals surface area contributed by atoms with E-state index in [0.29, 0.717) is 21.7 Å². The first-order valence-electron chi connectivity index (χ1n) is 8.97. The zero-order chi connectivity index (χ0) is 21.1. The van der Waals surface area contributed by atoms with Crippen LogP contribution in [0.3, 0.4) is 0 Å². The highest BCUT2D eigenvalue weighted by molar-refractivity contribution is 9.10. The maximum atomic E-state index is 12.3. The van der Waals surface area contributed by atoms with E-state index < -0.39 is 11.9 Å². The molecule has 0 radical (unpaired) electrons. The average molecular weight is 458 g/mol. The number of nitrogens with zero attached hydrogens (tertiary/aromatic N) is 1. The van der Waals surface area contributed by atoms with Crippen LogP contribution in [0.15, 0.2) is 51.6 Å². The molecule has 2 aromatic carbocycles. The van der Waals surface area contributed by atoms with Gasteiger partial charge in [-0.15, -0.1) is 0 Å². The van der Waals surface area contributed by atoms with Crippen molar-refractivity contribution in [2.75, 3.05) is 7.11 Å². The molecule has 6 nitrogen and oxygen atoms in total.